The van der Waals surface area contributed by atoms with E-state index in [4.69, 9.17) is 15.2 Å². The lowest BCUT2D eigenvalue weighted by Crippen LogP contribution is -2.21. The van der Waals surface area contributed by atoms with Crippen LogP contribution in [0.15, 0.2) is 47.8 Å². The van der Waals surface area contributed by atoms with Crippen LogP contribution in [0.3, 0.4) is 0 Å². The SMILES string of the molecule is CC(N)C1=COC=C(CC2=CC=CCC2)O1. The van der Waals surface area contributed by atoms with Crippen molar-refractivity contribution in [1.29, 1.82) is 0 Å². The third-order valence-corrected chi connectivity index (χ3v) is 2.58. The zero-order chi connectivity index (χ0) is 11.4. The quantitative estimate of drug-likeness (QED) is 0.793. The summed E-state index contributed by atoms with van der Waals surface area (Å²) in [4.78, 5) is 0. The van der Waals surface area contributed by atoms with Gasteiger partial charge < -0.3 is 15.2 Å². The predicted molar refractivity (Wildman–Crippen MR) is 63.1 cm³/mol. The van der Waals surface area contributed by atoms with Crippen LogP contribution in [-0.4, -0.2) is 6.04 Å². The summed E-state index contributed by atoms with van der Waals surface area (Å²) in [5.41, 5.74) is 7.10. The topological polar surface area (TPSA) is 44.5 Å². The van der Waals surface area contributed by atoms with E-state index < -0.39 is 0 Å². The van der Waals surface area contributed by atoms with Crippen molar-refractivity contribution >= 4 is 0 Å². The standard InChI is InChI=1S/C13H17NO2/c1-10(14)13-9-15-8-12(16-13)7-11-5-3-2-4-6-11/h2-3,5,8-10H,4,6-7,14H2,1H3. The van der Waals surface area contributed by atoms with Crippen molar-refractivity contribution in [1.82, 2.24) is 0 Å². The first-order valence-corrected chi connectivity index (χ1v) is 5.58. The first-order chi connectivity index (χ1) is 7.75. The lowest BCUT2D eigenvalue weighted by atomic mass is 10.0. The van der Waals surface area contributed by atoms with Crippen molar-refractivity contribution in [3.8, 4) is 0 Å². The van der Waals surface area contributed by atoms with Gasteiger partial charge in [0.05, 0.1) is 6.04 Å². The molecule has 0 radical (unpaired) electrons. The van der Waals surface area contributed by atoms with Crippen LogP contribution in [-0.2, 0) is 9.47 Å². The molecule has 0 aromatic heterocycles. The highest BCUT2D eigenvalue weighted by atomic mass is 16.5. The normalized spacial score (nSPS) is 21.2. The number of ether oxygens (including phenoxy) is 2. The second-order valence-electron chi connectivity index (χ2n) is 4.10. The van der Waals surface area contributed by atoms with E-state index >= 15 is 0 Å². The van der Waals surface area contributed by atoms with Crippen LogP contribution in [0.5, 0.6) is 0 Å². The molecule has 2 rings (SSSR count). The lowest BCUT2D eigenvalue weighted by Gasteiger charge is -2.20. The van der Waals surface area contributed by atoms with Crippen molar-refractivity contribution in [2.24, 2.45) is 5.73 Å². The Bertz CT molecular complexity index is 375. The molecule has 1 unspecified atom stereocenters. The molecule has 1 atom stereocenters. The molecule has 1 aliphatic heterocycles. The maximum absolute atomic E-state index is 5.74. The molecule has 0 amide bonds. The molecule has 0 aromatic rings. The fourth-order valence-electron chi connectivity index (χ4n) is 1.68. The van der Waals surface area contributed by atoms with E-state index in [1.165, 1.54) is 5.57 Å². The molecule has 0 spiro atoms. The molecule has 3 nitrogen and oxygen atoms in total. The maximum Gasteiger partial charge on any atom is 0.155 e. The second-order valence-corrected chi connectivity index (χ2v) is 4.10. The first-order valence-electron chi connectivity index (χ1n) is 5.58. The average molecular weight is 219 g/mol. The van der Waals surface area contributed by atoms with Gasteiger partial charge in [-0.1, -0.05) is 23.8 Å². The van der Waals surface area contributed by atoms with Gasteiger partial charge in [0, 0.05) is 6.42 Å². The summed E-state index contributed by atoms with van der Waals surface area (Å²) in [6.07, 6.45) is 12.6. The third-order valence-electron chi connectivity index (χ3n) is 2.58. The molecule has 86 valence electrons. The van der Waals surface area contributed by atoms with Gasteiger partial charge in [-0.3, -0.25) is 0 Å². The van der Waals surface area contributed by atoms with E-state index in [0.717, 1.165) is 25.0 Å². The molecule has 1 aliphatic carbocycles. The van der Waals surface area contributed by atoms with Gasteiger partial charge in [-0.25, -0.2) is 0 Å². The largest absolute Gasteiger partial charge is 0.465 e. The van der Waals surface area contributed by atoms with Gasteiger partial charge in [-0.2, -0.15) is 0 Å². The maximum atomic E-state index is 5.74. The third kappa shape index (κ3) is 2.76. The Balaban J connectivity index is 1.94. The Labute approximate surface area is 95.9 Å². The van der Waals surface area contributed by atoms with Crippen LogP contribution < -0.4 is 5.73 Å². The van der Waals surface area contributed by atoms with Gasteiger partial charge in [0.1, 0.15) is 18.3 Å². The van der Waals surface area contributed by atoms with E-state index in [1.54, 1.807) is 12.5 Å². The summed E-state index contributed by atoms with van der Waals surface area (Å²) in [7, 11) is 0. The molecule has 0 saturated heterocycles. The van der Waals surface area contributed by atoms with Gasteiger partial charge in [-0.15, -0.1) is 0 Å². The molecular weight excluding hydrogens is 202 g/mol. The summed E-state index contributed by atoms with van der Waals surface area (Å²) < 4.78 is 10.9. The van der Waals surface area contributed by atoms with Crippen LogP contribution in [0.2, 0.25) is 0 Å². The summed E-state index contributed by atoms with van der Waals surface area (Å²) >= 11 is 0. The van der Waals surface area contributed by atoms with E-state index in [1.807, 2.05) is 6.92 Å². The van der Waals surface area contributed by atoms with Gasteiger partial charge >= 0.3 is 0 Å². The van der Waals surface area contributed by atoms with E-state index in [0.29, 0.717) is 5.76 Å². The molecular formula is C13H17NO2. The Kier molecular flexibility index (Phi) is 3.47. The average Bonchev–Trinajstić information content (AvgIpc) is 2.30. The van der Waals surface area contributed by atoms with Crippen LogP contribution in [0.1, 0.15) is 26.2 Å². The number of allylic oxidation sites excluding steroid dienone is 4. The van der Waals surface area contributed by atoms with Crippen LogP contribution in [0, 0.1) is 0 Å². The van der Waals surface area contributed by atoms with Crippen molar-refractivity contribution in [3.05, 3.63) is 47.8 Å². The molecule has 3 heteroatoms. The van der Waals surface area contributed by atoms with Gasteiger partial charge in [0.15, 0.2) is 5.76 Å². The number of hydrogen-bond acceptors (Lipinski definition) is 3. The summed E-state index contributed by atoms with van der Waals surface area (Å²) in [6.45, 7) is 1.88. The zero-order valence-corrected chi connectivity index (χ0v) is 9.48. The monoisotopic (exact) mass is 219 g/mol. The first kappa shape index (κ1) is 11.0. The van der Waals surface area contributed by atoms with Gasteiger partial charge in [0.25, 0.3) is 0 Å². The van der Waals surface area contributed by atoms with E-state index in [-0.39, 0.29) is 6.04 Å². The van der Waals surface area contributed by atoms with Crippen LogP contribution in [0.25, 0.3) is 0 Å². The molecule has 0 fully saturated rings. The molecule has 16 heavy (non-hydrogen) atoms. The Morgan fingerprint density at radius 1 is 1.44 bits per heavy atom. The minimum atomic E-state index is -0.135. The fraction of sp³-hybridized carbons (Fsp3) is 0.385. The Morgan fingerprint density at radius 2 is 2.31 bits per heavy atom. The van der Waals surface area contributed by atoms with Gasteiger partial charge in [-0.05, 0) is 19.8 Å². The Morgan fingerprint density at radius 3 is 3.00 bits per heavy atom. The molecule has 0 aromatic carbocycles. The van der Waals surface area contributed by atoms with Gasteiger partial charge in [0.2, 0.25) is 0 Å². The predicted octanol–water partition coefficient (Wildman–Crippen LogP) is 2.73. The van der Waals surface area contributed by atoms with Crippen molar-refractivity contribution in [3.63, 3.8) is 0 Å². The number of nitrogens with two attached hydrogens (primary N) is 1. The summed E-state index contributed by atoms with van der Waals surface area (Å²) in [6, 6.07) is -0.135. The van der Waals surface area contributed by atoms with Crippen molar-refractivity contribution in [2.75, 3.05) is 0 Å². The Hall–Kier alpha value is -1.48. The molecule has 1 heterocycles. The highest BCUT2D eigenvalue weighted by molar-refractivity contribution is 5.22. The van der Waals surface area contributed by atoms with Crippen LogP contribution >= 0.6 is 0 Å². The molecule has 2 N–H and O–H groups in total. The smallest absolute Gasteiger partial charge is 0.155 e. The highest BCUT2D eigenvalue weighted by Crippen LogP contribution is 2.25. The van der Waals surface area contributed by atoms with Crippen molar-refractivity contribution < 1.29 is 9.47 Å². The lowest BCUT2D eigenvalue weighted by molar-refractivity contribution is 0.202. The van der Waals surface area contributed by atoms with Crippen LogP contribution in [0.4, 0.5) is 0 Å². The highest BCUT2D eigenvalue weighted by Gasteiger charge is 2.14. The summed E-state index contributed by atoms with van der Waals surface area (Å²) in [5.74, 6) is 1.51. The second kappa shape index (κ2) is 5.03. The summed E-state index contributed by atoms with van der Waals surface area (Å²) in [5, 5.41) is 0. The number of rotatable bonds is 3. The molecule has 0 bridgehead atoms. The fourth-order valence-corrected chi connectivity index (χ4v) is 1.68. The van der Waals surface area contributed by atoms with Crippen molar-refractivity contribution in [2.45, 2.75) is 32.2 Å². The van der Waals surface area contributed by atoms with E-state index in [9.17, 15) is 0 Å². The molecule has 0 saturated carbocycles. The van der Waals surface area contributed by atoms with E-state index in [2.05, 4.69) is 18.2 Å². The molecule has 2 aliphatic rings. The number of hydrogen-bond donors (Lipinski definition) is 1. The minimum absolute atomic E-state index is 0.135. The zero-order valence-electron chi connectivity index (χ0n) is 9.48. The minimum Gasteiger partial charge on any atom is -0.465 e.